The van der Waals surface area contributed by atoms with Crippen LogP contribution in [0.4, 0.5) is 0 Å². The van der Waals surface area contributed by atoms with E-state index >= 15 is 0 Å². The van der Waals surface area contributed by atoms with Crippen LogP contribution >= 0.6 is 0 Å². The molecule has 0 aliphatic carbocycles. The number of phenols is 1. The van der Waals surface area contributed by atoms with Gasteiger partial charge in [-0.25, -0.2) is 0 Å². The molecule has 4 bridgehead atoms. The van der Waals surface area contributed by atoms with Crippen molar-refractivity contribution in [2.24, 2.45) is 0 Å². The molecule has 1 aliphatic heterocycles. The molecule has 0 atom stereocenters. The highest BCUT2D eigenvalue weighted by molar-refractivity contribution is 5.95. The molecule has 0 spiro atoms. The van der Waals surface area contributed by atoms with Crippen LogP contribution in [0.3, 0.4) is 0 Å². The van der Waals surface area contributed by atoms with E-state index in [2.05, 4.69) is 20.8 Å². The van der Waals surface area contributed by atoms with Crippen LogP contribution in [0.25, 0.3) is 22.7 Å². The van der Waals surface area contributed by atoms with Crippen LogP contribution in [0.5, 0.6) is 5.75 Å². The monoisotopic (exact) mass is 557 g/mol. The molecule has 3 amide bonds. The first-order valence-electron chi connectivity index (χ1n) is 13.6. The summed E-state index contributed by atoms with van der Waals surface area (Å²) >= 11 is 0. The number of nitrogens with zero attached hydrogens (tertiary/aromatic N) is 3. The molecule has 1 aliphatic rings. The third kappa shape index (κ3) is 7.18. The highest BCUT2D eigenvalue weighted by Crippen LogP contribution is 2.31. The standard InChI is InChI=1S/C30H31N5O6/c36-24-9-8-20-12-14-31-26(37)19-35(28(38)11-10-27-33-29(34-41-27)25-7-4-16-40-25)15-2-1-13-32-30(39)22-6-3-5-21(18-22)23(24)17-20/h3-9,16-18,36H,1-2,10-15,19H2,(H,31,37)(H,32,39). The molecule has 5 rings (SSSR count). The Bertz CT molecular complexity index is 1510. The number of aromatic nitrogens is 2. The molecule has 212 valence electrons. The Labute approximate surface area is 236 Å². The maximum atomic E-state index is 13.1. The van der Waals surface area contributed by atoms with Gasteiger partial charge in [0, 0.05) is 43.6 Å². The van der Waals surface area contributed by atoms with Gasteiger partial charge in [-0.1, -0.05) is 23.4 Å². The van der Waals surface area contributed by atoms with Crippen molar-refractivity contribution in [3.8, 4) is 28.5 Å². The van der Waals surface area contributed by atoms with Gasteiger partial charge in [0.2, 0.25) is 23.5 Å². The number of carbonyl (C=O) groups excluding carboxylic acids is 3. The van der Waals surface area contributed by atoms with Crippen molar-refractivity contribution in [3.05, 3.63) is 77.9 Å². The summed E-state index contributed by atoms with van der Waals surface area (Å²) in [4.78, 5) is 44.5. The van der Waals surface area contributed by atoms with E-state index in [4.69, 9.17) is 8.94 Å². The van der Waals surface area contributed by atoms with E-state index in [0.717, 1.165) is 11.1 Å². The zero-order valence-corrected chi connectivity index (χ0v) is 22.5. The minimum atomic E-state index is -0.266. The van der Waals surface area contributed by atoms with Gasteiger partial charge in [-0.05, 0) is 66.8 Å². The SMILES string of the molecule is O=C1CN(C(=O)CCc2nc(-c3ccco3)no2)CCCCNC(=O)c2cccc(c2)-c2cc(ccc2O)CCN1. The number of aromatic hydroxyl groups is 1. The zero-order chi connectivity index (χ0) is 28.6. The third-order valence-corrected chi connectivity index (χ3v) is 6.82. The van der Waals surface area contributed by atoms with E-state index in [1.54, 1.807) is 42.5 Å². The summed E-state index contributed by atoms with van der Waals surface area (Å²) in [6.45, 7) is 1.05. The average molecular weight is 558 g/mol. The summed E-state index contributed by atoms with van der Waals surface area (Å²) in [7, 11) is 0. The number of carbonyl (C=O) groups is 3. The van der Waals surface area contributed by atoms with Crippen molar-refractivity contribution in [3.63, 3.8) is 0 Å². The van der Waals surface area contributed by atoms with Crippen LogP contribution in [0, 0.1) is 0 Å². The number of rotatable bonds is 4. The van der Waals surface area contributed by atoms with Crippen LogP contribution in [0.1, 0.15) is 41.1 Å². The van der Waals surface area contributed by atoms with Crippen LogP contribution in [0.2, 0.25) is 0 Å². The molecule has 2 aromatic carbocycles. The smallest absolute Gasteiger partial charge is 0.251 e. The van der Waals surface area contributed by atoms with Gasteiger partial charge in [-0.2, -0.15) is 4.98 Å². The molecule has 2 aromatic heterocycles. The number of aryl methyl sites for hydroxylation is 1. The summed E-state index contributed by atoms with van der Waals surface area (Å²) in [5.74, 6) is 0.493. The zero-order valence-electron chi connectivity index (χ0n) is 22.5. The van der Waals surface area contributed by atoms with Crippen LogP contribution in [-0.4, -0.2) is 64.0 Å². The second kappa shape index (κ2) is 12.9. The molecule has 0 fully saturated rings. The third-order valence-electron chi connectivity index (χ3n) is 6.82. The van der Waals surface area contributed by atoms with E-state index in [9.17, 15) is 19.5 Å². The lowest BCUT2D eigenvalue weighted by molar-refractivity contribution is -0.136. The van der Waals surface area contributed by atoms with Gasteiger partial charge in [-0.3, -0.25) is 14.4 Å². The number of phenolic OH excluding ortho intramolecular Hbond substituents is 1. The fourth-order valence-corrected chi connectivity index (χ4v) is 4.63. The number of hydrogen-bond donors (Lipinski definition) is 3. The summed E-state index contributed by atoms with van der Waals surface area (Å²) < 4.78 is 10.5. The molecule has 0 saturated heterocycles. The number of fused-ring (bicyclic) bond motifs is 5. The maximum Gasteiger partial charge on any atom is 0.251 e. The molecular formula is C30H31N5O6. The molecule has 0 saturated carbocycles. The van der Waals surface area contributed by atoms with Crippen LogP contribution in [0.15, 0.2) is 69.8 Å². The van der Waals surface area contributed by atoms with Crippen molar-refractivity contribution in [1.29, 1.82) is 0 Å². The topological polar surface area (TPSA) is 151 Å². The maximum absolute atomic E-state index is 13.1. The van der Waals surface area contributed by atoms with Gasteiger partial charge in [0.05, 0.1) is 12.8 Å². The molecule has 0 radical (unpaired) electrons. The Morgan fingerprint density at radius 3 is 2.73 bits per heavy atom. The van der Waals surface area contributed by atoms with Gasteiger partial charge in [-0.15, -0.1) is 0 Å². The minimum Gasteiger partial charge on any atom is -0.507 e. The first kappa shape index (κ1) is 27.6. The van der Waals surface area contributed by atoms with Crippen molar-refractivity contribution in [1.82, 2.24) is 25.7 Å². The fraction of sp³-hybridized carbons (Fsp3) is 0.300. The van der Waals surface area contributed by atoms with E-state index in [-0.39, 0.29) is 42.9 Å². The molecule has 3 heterocycles. The lowest BCUT2D eigenvalue weighted by Gasteiger charge is -2.22. The van der Waals surface area contributed by atoms with E-state index in [1.165, 1.54) is 11.2 Å². The molecule has 41 heavy (non-hydrogen) atoms. The largest absolute Gasteiger partial charge is 0.507 e. The highest BCUT2D eigenvalue weighted by atomic mass is 16.5. The highest BCUT2D eigenvalue weighted by Gasteiger charge is 2.19. The Hall–Kier alpha value is -4.93. The Morgan fingerprint density at radius 1 is 1.00 bits per heavy atom. The summed E-state index contributed by atoms with van der Waals surface area (Å²) in [6.07, 6.45) is 3.58. The molecule has 11 heteroatoms. The van der Waals surface area contributed by atoms with E-state index in [0.29, 0.717) is 67.5 Å². The first-order valence-corrected chi connectivity index (χ1v) is 13.6. The molecular weight excluding hydrogens is 526 g/mol. The summed E-state index contributed by atoms with van der Waals surface area (Å²) in [6, 6.07) is 15.8. The van der Waals surface area contributed by atoms with Crippen molar-refractivity contribution in [2.45, 2.75) is 32.1 Å². The van der Waals surface area contributed by atoms with Crippen molar-refractivity contribution >= 4 is 17.7 Å². The molecule has 3 N–H and O–H groups in total. The van der Waals surface area contributed by atoms with Crippen molar-refractivity contribution < 1.29 is 28.4 Å². The van der Waals surface area contributed by atoms with Gasteiger partial charge >= 0.3 is 0 Å². The number of amides is 3. The minimum absolute atomic E-state index is 0.0853. The molecule has 11 nitrogen and oxygen atoms in total. The number of benzene rings is 2. The Balaban J connectivity index is 1.25. The molecule has 0 unspecified atom stereocenters. The second-order valence-electron chi connectivity index (χ2n) is 9.80. The Kier molecular flexibility index (Phi) is 8.73. The van der Waals surface area contributed by atoms with Gasteiger partial charge in [0.25, 0.3) is 5.91 Å². The van der Waals surface area contributed by atoms with Crippen molar-refractivity contribution in [2.75, 3.05) is 26.2 Å². The van der Waals surface area contributed by atoms with E-state index < -0.39 is 0 Å². The quantitative estimate of drug-likeness (QED) is 0.346. The predicted molar refractivity (Wildman–Crippen MR) is 149 cm³/mol. The summed E-state index contributed by atoms with van der Waals surface area (Å²) in [5, 5.41) is 20.2. The van der Waals surface area contributed by atoms with Gasteiger partial charge < -0.3 is 29.6 Å². The average Bonchev–Trinajstić information content (AvgIpc) is 3.68. The first-order chi connectivity index (χ1) is 20.0. The van der Waals surface area contributed by atoms with Gasteiger partial charge in [0.15, 0.2) is 5.76 Å². The second-order valence-corrected chi connectivity index (χ2v) is 9.80. The van der Waals surface area contributed by atoms with Crippen LogP contribution in [-0.2, 0) is 22.4 Å². The van der Waals surface area contributed by atoms with Crippen LogP contribution < -0.4 is 10.6 Å². The molecule has 4 aromatic rings. The Morgan fingerprint density at radius 2 is 1.88 bits per heavy atom. The number of hydrogen-bond acceptors (Lipinski definition) is 8. The number of furan rings is 1. The number of nitrogens with one attached hydrogen (secondary N) is 2. The van der Waals surface area contributed by atoms with Gasteiger partial charge in [0.1, 0.15) is 5.75 Å². The van der Waals surface area contributed by atoms with E-state index in [1.807, 2.05) is 12.1 Å². The fourth-order valence-electron chi connectivity index (χ4n) is 4.63. The lowest BCUT2D eigenvalue weighted by Crippen LogP contribution is -2.42. The normalized spacial score (nSPS) is 15.0. The predicted octanol–water partition coefficient (Wildman–Crippen LogP) is 3.35. The lowest BCUT2D eigenvalue weighted by atomic mass is 9.98. The summed E-state index contributed by atoms with van der Waals surface area (Å²) in [5.41, 5.74) is 2.75.